The Balaban J connectivity index is 1.76. The molecular formula is C16H22N4O. The minimum absolute atomic E-state index is 0.534. The number of nitrogens with zero attached hydrogens (tertiary/aromatic N) is 3. The summed E-state index contributed by atoms with van der Waals surface area (Å²) in [5.41, 5.74) is 3.38. The third-order valence-electron chi connectivity index (χ3n) is 4.16. The lowest BCUT2D eigenvalue weighted by atomic mass is 10.1. The first-order chi connectivity index (χ1) is 10.2. The third kappa shape index (κ3) is 3.42. The number of benzene rings is 1. The van der Waals surface area contributed by atoms with Crippen molar-refractivity contribution >= 4 is 5.69 Å². The molecule has 1 aromatic carbocycles. The molecular weight excluding hydrogens is 264 g/mol. The van der Waals surface area contributed by atoms with Crippen LogP contribution in [0.2, 0.25) is 0 Å². The Bertz CT molecular complexity index is 582. The van der Waals surface area contributed by atoms with Crippen molar-refractivity contribution in [3.05, 3.63) is 30.2 Å². The maximum atomic E-state index is 5.28. The van der Waals surface area contributed by atoms with Crippen molar-refractivity contribution in [2.45, 2.75) is 32.2 Å². The molecule has 1 saturated heterocycles. The number of hydrogen-bond donors (Lipinski definition) is 1. The zero-order valence-electron chi connectivity index (χ0n) is 12.7. The van der Waals surface area contributed by atoms with Gasteiger partial charge in [-0.3, -0.25) is 0 Å². The molecule has 1 N–H and O–H groups in total. The lowest BCUT2D eigenvalue weighted by Gasteiger charge is -2.20. The van der Waals surface area contributed by atoms with Crippen LogP contribution < -0.4 is 5.32 Å². The van der Waals surface area contributed by atoms with E-state index in [4.69, 9.17) is 4.42 Å². The topological polar surface area (TPSA) is 54.2 Å². The molecule has 3 rings (SSSR count). The summed E-state index contributed by atoms with van der Waals surface area (Å²) in [5, 5.41) is 11.4. The van der Waals surface area contributed by atoms with E-state index in [1.54, 1.807) is 0 Å². The van der Waals surface area contributed by atoms with Crippen molar-refractivity contribution in [1.29, 1.82) is 0 Å². The molecule has 1 unspecified atom stereocenters. The van der Waals surface area contributed by atoms with E-state index in [9.17, 15) is 0 Å². The van der Waals surface area contributed by atoms with Crippen LogP contribution in [0, 0.1) is 6.92 Å². The zero-order chi connectivity index (χ0) is 14.7. The standard InChI is InChI=1S/C16H22N4O/c1-12-5-6-13(16-19-17-11-21-16)10-15(12)18-14-4-3-8-20(2)9-7-14/h5-6,10-11,14,18H,3-4,7-9H2,1-2H3. The molecule has 1 aromatic heterocycles. The summed E-state index contributed by atoms with van der Waals surface area (Å²) >= 11 is 0. The monoisotopic (exact) mass is 286 g/mol. The highest BCUT2D eigenvalue weighted by Crippen LogP contribution is 2.26. The fourth-order valence-corrected chi connectivity index (χ4v) is 2.81. The molecule has 1 fully saturated rings. The molecule has 0 saturated carbocycles. The molecule has 1 aliphatic heterocycles. The molecule has 5 heteroatoms. The molecule has 112 valence electrons. The Morgan fingerprint density at radius 2 is 2.19 bits per heavy atom. The first-order valence-electron chi connectivity index (χ1n) is 7.54. The van der Waals surface area contributed by atoms with Crippen LogP contribution in [-0.2, 0) is 0 Å². The summed E-state index contributed by atoms with van der Waals surface area (Å²) in [6.07, 6.45) is 5.01. The summed E-state index contributed by atoms with van der Waals surface area (Å²) in [5.74, 6) is 0.568. The van der Waals surface area contributed by atoms with Gasteiger partial charge in [0.2, 0.25) is 12.3 Å². The molecule has 5 nitrogen and oxygen atoms in total. The summed E-state index contributed by atoms with van der Waals surface area (Å²) in [4.78, 5) is 2.41. The number of nitrogens with one attached hydrogen (secondary N) is 1. The minimum atomic E-state index is 0.534. The largest absolute Gasteiger partial charge is 0.423 e. The Labute approximate surface area is 125 Å². The van der Waals surface area contributed by atoms with Gasteiger partial charge in [-0.25, -0.2) is 0 Å². The van der Waals surface area contributed by atoms with Gasteiger partial charge < -0.3 is 14.6 Å². The SMILES string of the molecule is Cc1ccc(-c2nnco2)cc1NC1CCCN(C)CC1. The van der Waals surface area contributed by atoms with Gasteiger partial charge in [0.15, 0.2) is 0 Å². The predicted molar refractivity (Wildman–Crippen MR) is 83.2 cm³/mol. The summed E-state index contributed by atoms with van der Waals surface area (Å²) < 4.78 is 5.28. The Hall–Kier alpha value is -1.88. The fourth-order valence-electron chi connectivity index (χ4n) is 2.81. The first-order valence-corrected chi connectivity index (χ1v) is 7.54. The Morgan fingerprint density at radius 3 is 3.00 bits per heavy atom. The number of hydrogen-bond acceptors (Lipinski definition) is 5. The van der Waals surface area contributed by atoms with Gasteiger partial charge in [-0.2, -0.15) is 0 Å². The van der Waals surface area contributed by atoms with Crippen LogP contribution in [0.3, 0.4) is 0 Å². The van der Waals surface area contributed by atoms with E-state index in [2.05, 4.69) is 46.5 Å². The van der Waals surface area contributed by atoms with Gasteiger partial charge in [0.05, 0.1) is 0 Å². The van der Waals surface area contributed by atoms with E-state index in [1.807, 2.05) is 6.07 Å². The highest BCUT2D eigenvalue weighted by atomic mass is 16.4. The maximum absolute atomic E-state index is 5.28. The second kappa shape index (κ2) is 6.26. The molecule has 1 aliphatic rings. The van der Waals surface area contributed by atoms with E-state index < -0.39 is 0 Å². The van der Waals surface area contributed by atoms with Crippen LogP contribution >= 0.6 is 0 Å². The highest BCUT2D eigenvalue weighted by Gasteiger charge is 2.16. The van der Waals surface area contributed by atoms with Crippen molar-refractivity contribution < 1.29 is 4.42 Å². The normalized spacial score (nSPS) is 20.2. The van der Waals surface area contributed by atoms with Gasteiger partial charge in [0, 0.05) is 17.3 Å². The van der Waals surface area contributed by atoms with Crippen LogP contribution in [0.25, 0.3) is 11.5 Å². The zero-order valence-corrected chi connectivity index (χ0v) is 12.7. The van der Waals surface area contributed by atoms with E-state index in [0.29, 0.717) is 11.9 Å². The average Bonchev–Trinajstić information content (AvgIpc) is 2.93. The third-order valence-corrected chi connectivity index (χ3v) is 4.16. The number of rotatable bonds is 3. The summed E-state index contributed by atoms with van der Waals surface area (Å²) in [6, 6.07) is 6.77. The van der Waals surface area contributed by atoms with Crippen LogP contribution in [0.1, 0.15) is 24.8 Å². The van der Waals surface area contributed by atoms with Crippen LogP contribution in [0.4, 0.5) is 5.69 Å². The van der Waals surface area contributed by atoms with E-state index >= 15 is 0 Å². The van der Waals surface area contributed by atoms with Crippen molar-refractivity contribution in [3.63, 3.8) is 0 Å². The number of likely N-dealkylation sites (tertiary alicyclic amines) is 1. The van der Waals surface area contributed by atoms with Gasteiger partial charge in [-0.05, 0) is 64.0 Å². The molecule has 1 atom stereocenters. The number of anilines is 1. The lowest BCUT2D eigenvalue weighted by molar-refractivity contribution is 0.348. The summed E-state index contributed by atoms with van der Waals surface area (Å²) in [7, 11) is 2.20. The maximum Gasteiger partial charge on any atom is 0.247 e. The molecule has 2 heterocycles. The average molecular weight is 286 g/mol. The minimum Gasteiger partial charge on any atom is -0.423 e. The van der Waals surface area contributed by atoms with E-state index in [0.717, 1.165) is 12.1 Å². The number of aryl methyl sites for hydroxylation is 1. The summed E-state index contributed by atoms with van der Waals surface area (Å²) in [6.45, 7) is 4.47. The van der Waals surface area contributed by atoms with Gasteiger partial charge in [-0.15, -0.1) is 10.2 Å². The smallest absolute Gasteiger partial charge is 0.247 e. The van der Waals surface area contributed by atoms with Crippen molar-refractivity contribution in [2.24, 2.45) is 0 Å². The van der Waals surface area contributed by atoms with Gasteiger partial charge in [0.1, 0.15) is 0 Å². The van der Waals surface area contributed by atoms with Crippen LogP contribution in [0.5, 0.6) is 0 Å². The Kier molecular flexibility index (Phi) is 4.20. The van der Waals surface area contributed by atoms with Crippen molar-refractivity contribution in [3.8, 4) is 11.5 Å². The van der Waals surface area contributed by atoms with Gasteiger partial charge >= 0.3 is 0 Å². The lowest BCUT2D eigenvalue weighted by Crippen LogP contribution is -2.23. The Morgan fingerprint density at radius 1 is 1.29 bits per heavy atom. The second-order valence-electron chi connectivity index (χ2n) is 5.85. The van der Waals surface area contributed by atoms with E-state index in [1.165, 1.54) is 43.5 Å². The van der Waals surface area contributed by atoms with Crippen molar-refractivity contribution in [2.75, 3.05) is 25.5 Å². The predicted octanol–water partition coefficient (Wildman–Crippen LogP) is 2.94. The molecule has 0 bridgehead atoms. The quantitative estimate of drug-likeness (QED) is 0.940. The van der Waals surface area contributed by atoms with Gasteiger partial charge in [-0.1, -0.05) is 6.07 Å². The highest BCUT2D eigenvalue weighted by molar-refractivity contribution is 5.64. The van der Waals surface area contributed by atoms with Gasteiger partial charge in [0.25, 0.3) is 0 Å². The molecule has 0 aliphatic carbocycles. The molecule has 2 aromatic rings. The first kappa shape index (κ1) is 14.1. The molecule has 21 heavy (non-hydrogen) atoms. The molecule has 0 amide bonds. The molecule has 0 radical (unpaired) electrons. The number of aromatic nitrogens is 2. The molecule has 0 spiro atoms. The van der Waals surface area contributed by atoms with Crippen LogP contribution in [0.15, 0.2) is 29.0 Å². The van der Waals surface area contributed by atoms with Crippen LogP contribution in [-0.4, -0.2) is 41.3 Å². The second-order valence-corrected chi connectivity index (χ2v) is 5.85. The fraction of sp³-hybridized carbons (Fsp3) is 0.500. The van der Waals surface area contributed by atoms with E-state index in [-0.39, 0.29) is 0 Å². The van der Waals surface area contributed by atoms with Crippen molar-refractivity contribution in [1.82, 2.24) is 15.1 Å².